The number of halogens is 1. The standard InChI is InChI=1S/C7H6ClNOS.Na.H/c8-7(10)4-1-2-6(11)5(9)3-4;;/h1-3,11H,9H2;;/q;+1;-1. The Kier molecular flexibility index (Phi) is 5.29. The summed E-state index contributed by atoms with van der Waals surface area (Å²) in [7, 11) is 0. The average Bonchev–Trinajstić information content (AvgIpc) is 1.94. The Morgan fingerprint density at radius 1 is 1.58 bits per heavy atom. The van der Waals surface area contributed by atoms with Crippen molar-refractivity contribution < 1.29 is 35.8 Å². The summed E-state index contributed by atoms with van der Waals surface area (Å²) in [5, 5.41) is -0.509. The van der Waals surface area contributed by atoms with Gasteiger partial charge in [0.2, 0.25) is 0 Å². The van der Waals surface area contributed by atoms with Gasteiger partial charge in [0.15, 0.2) is 0 Å². The van der Waals surface area contributed by atoms with Gasteiger partial charge in [-0.1, -0.05) is 0 Å². The summed E-state index contributed by atoms with van der Waals surface area (Å²) < 4.78 is 0. The molecule has 0 radical (unpaired) electrons. The van der Waals surface area contributed by atoms with Crippen LogP contribution in [0.2, 0.25) is 0 Å². The molecule has 1 rings (SSSR count). The molecule has 0 saturated heterocycles. The maximum absolute atomic E-state index is 10.6. The molecule has 0 aliphatic carbocycles. The molecule has 2 nitrogen and oxygen atoms in total. The Bertz CT molecular complexity index is 311. The van der Waals surface area contributed by atoms with Crippen molar-refractivity contribution in [2.45, 2.75) is 4.90 Å². The van der Waals surface area contributed by atoms with Gasteiger partial charge >= 0.3 is 29.6 Å². The number of nitrogens with two attached hydrogens (primary N) is 1. The van der Waals surface area contributed by atoms with Gasteiger partial charge < -0.3 is 7.16 Å². The zero-order chi connectivity index (χ0) is 8.43. The van der Waals surface area contributed by atoms with E-state index in [0.717, 1.165) is 0 Å². The Morgan fingerprint density at radius 2 is 2.17 bits per heavy atom. The molecular weight excluding hydrogens is 205 g/mol. The summed E-state index contributed by atoms with van der Waals surface area (Å²) in [5.41, 5.74) is 6.32. The fourth-order valence-corrected chi connectivity index (χ4v) is 0.933. The van der Waals surface area contributed by atoms with Crippen LogP contribution in [0.5, 0.6) is 0 Å². The summed E-state index contributed by atoms with van der Waals surface area (Å²) in [4.78, 5) is 11.2. The van der Waals surface area contributed by atoms with Gasteiger partial charge in [-0.05, 0) is 29.8 Å². The van der Waals surface area contributed by atoms with Gasteiger partial charge in [0.05, 0.1) is 0 Å². The summed E-state index contributed by atoms with van der Waals surface area (Å²) in [6, 6.07) is 4.71. The maximum atomic E-state index is 10.6. The second-order valence-corrected chi connectivity index (χ2v) is 2.87. The summed E-state index contributed by atoms with van der Waals surface area (Å²) in [6.45, 7) is 0. The van der Waals surface area contributed by atoms with Gasteiger partial charge in [-0.3, -0.25) is 4.79 Å². The van der Waals surface area contributed by atoms with E-state index in [9.17, 15) is 4.79 Å². The number of thiol groups is 1. The zero-order valence-electron chi connectivity index (χ0n) is 7.54. The van der Waals surface area contributed by atoms with Crippen LogP contribution in [0.15, 0.2) is 23.1 Å². The maximum Gasteiger partial charge on any atom is 1.00 e. The summed E-state index contributed by atoms with van der Waals surface area (Å²) >= 11 is 9.24. The van der Waals surface area contributed by atoms with Crippen molar-refractivity contribution in [3.8, 4) is 0 Å². The Balaban J connectivity index is 0. The Hall–Kier alpha value is 0.330. The molecule has 0 amide bonds. The van der Waals surface area contributed by atoms with Crippen LogP contribution in [0.3, 0.4) is 0 Å². The van der Waals surface area contributed by atoms with Crippen LogP contribution in [0.25, 0.3) is 0 Å². The summed E-state index contributed by atoms with van der Waals surface area (Å²) in [5.74, 6) is 0. The van der Waals surface area contributed by atoms with Crippen LogP contribution in [0.4, 0.5) is 5.69 Å². The topological polar surface area (TPSA) is 43.1 Å². The third-order valence-electron chi connectivity index (χ3n) is 1.25. The van der Waals surface area contributed by atoms with E-state index in [1.165, 1.54) is 6.07 Å². The first kappa shape index (κ1) is 12.3. The van der Waals surface area contributed by atoms with E-state index in [1.807, 2.05) is 0 Å². The second kappa shape index (κ2) is 5.14. The molecule has 12 heavy (non-hydrogen) atoms. The van der Waals surface area contributed by atoms with Crippen LogP contribution in [0, 0.1) is 0 Å². The fourth-order valence-electron chi connectivity index (χ4n) is 0.677. The quantitative estimate of drug-likeness (QED) is 0.272. The Labute approximate surface area is 105 Å². The average molecular weight is 212 g/mol. The molecule has 0 heterocycles. The third-order valence-corrected chi connectivity index (χ3v) is 1.88. The van der Waals surface area contributed by atoms with E-state index in [1.54, 1.807) is 12.1 Å². The molecule has 0 spiro atoms. The SMILES string of the molecule is Nc1cc(C(=O)Cl)ccc1S.[H-].[Na+]. The number of hydrogen-bond donors (Lipinski definition) is 2. The molecule has 0 bridgehead atoms. The zero-order valence-corrected chi connectivity index (χ0v) is 10.2. The molecule has 1 aromatic rings. The van der Waals surface area contributed by atoms with Gasteiger partial charge in [0.1, 0.15) is 0 Å². The van der Waals surface area contributed by atoms with Crippen molar-refractivity contribution in [2.24, 2.45) is 0 Å². The number of carbonyl (C=O) groups is 1. The molecule has 0 saturated carbocycles. The molecule has 0 aromatic heterocycles. The number of carbonyl (C=O) groups excluding carboxylic acids is 1. The first-order valence-electron chi connectivity index (χ1n) is 2.89. The van der Waals surface area contributed by atoms with E-state index in [4.69, 9.17) is 17.3 Å². The first-order chi connectivity index (χ1) is 5.11. The molecule has 5 heteroatoms. The number of hydrogen-bond acceptors (Lipinski definition) is 3. The molecule has 0 atom stereocenters. The minimum atomic E-state index is -0.509. The van der Waals surface area contributed by atoms with Crippen LogP contribution >= 0.6 is 24.2 Å². The molecule has 0 aliphatic rings. The van der Waals surface area contributed by atoms with Crippen molar-refractivity contribution in [3.63, 3.8) is 0 Å². The fraction of sp³-hybridized carbons (Fsp3) is 0. The van der Waals surface area contributed by atoms with Crippen molar-refractivity contribution in [2.75, 3.05) is 5.73 Å². The molecule has 1 aromatic carbocycles. The minimum Gasteiger partial charge on any atom is -1.00 e. The molecular formula is C7H7ClNNaOS. The number of benzene rings is 1. The smallest absolute Gasteiger partial charge is 1.00 e. The van der Waals surface area contributed by atoms with Crippen LogP contribution in [-0.4, -0.2) is 5.24 Å². The predicted octanol–water partition coefficient (Wildman–Crippen LogP) is -0.947. The predicted molar refractivity (Wildman–Crippen MR) is 49.4 cm³/mol. The van der Waals surface area contributed by atoms with Gasteiger partial charge in [-0.2, -0.15) is 0 Å². The van der Waals surface area contributed by atoms with E-state index in [0.29, 0.717) is 16.1 Å². The molecule has 0 fully saturated rings. The minimum absolute atomic E-state index is 0. The normalized spacial score (nSPS) is 8.83. The van der Waals surface area contributed by atoms with Gasteiger partial charge in [-0.25, -0.2) is 0 Å². The van der Waals surface area contributed by atoms with Crippen molar-refractivity contribution >= 4 is 35.2 Å². The molecule has 0 aliphatic heterocycles. The van der Waals surface area contributed by atoms with Gasteiger partial charge in [0.25, 0.3) is 5.24 Å². The van der Waals surface area contributed by atoms with Crippen molar-refractivity contribution in [1.29, 1.82) is 0 Å². The van der Waals surface area contributed by atoms with E-state index >= 15 is 0 Å². The second-order valence-electron chi connectivity index (χ2n) is 2.05. The van der Waals surface area contributed by atoms with Gasteiger partial charge in [0, 0.05) is 16.1 Å². The van der Waals surface area contributed by atoms with E-state index in [-0.39, 0.29) is 31.0 Å². The largest absolute Gasteiger partial charge is 1.00 e. The number of rotatable bonds is 1. The van der Waals surface area contributed by atoms with Crippen molar-refractivity contribution in [3.05, 3.63) is 23.8 Å². The number of anilines is 1. The van der Waals surface area contributed by atoms with E-state index in [2.05, 4.69) is 12.6 Å². The first-order valence-corrected chi connectivity index (χ1v) is 3.72. The van der Waals surface area contributed by atoms with E-state index < -0.39 is 5.24 Å². The monoisotopic (exact) mass is 211 g/mol. The van der Waals surface area contributed by atoms with Gasteiger partial charge in [-0.15, -0.1) is 12.6 Å². The Morgan fingerprint density at radius 3 is 2.58 bits per heavy atom. The molecule has 0 unspecified atom stereocenters. The van der Waals surface area contributed by atoms with Crippen LogP contribution < -0.4 is 35.3 Å². The summed E-state index contributed by atoms with van der Waals surface area (Å²) in [6.07, 6.45) is 0. The molecule has 2 N–H and O–H groups in total. The van der Waals surface area contributed by atoms with Crippen LogP contribution in [-0.2, 0) is 0 Å². The van der Waals surface area contributed by atoms with Crippen LogP contribution in [0.1, 0.15) is 11.8 Å². The number of nitrogen functional groups attached to an aromatic ring is 1. The van der Waals surface area contributed by atoms with Crippen molar-refractivity contribution in [1.82, 2.24) is 0 Å². The molecule has 60 valence electrons. The third kappa shape index (κ3) is 2.99.